The molecule has 112 valence electrons. The summed E-state index contributed by atoms with van der Waals surface area (Å²) in [7, 11) is 0. The van der Waals surface area contributed by atoms with E-state index in [0.717, 1.165) is 17.8 Å². The molecule has 0 radical (unpaired) electrons. The first-order valence-electron chi connectivity index (χ1n) is 7.18. The van der Waals surface area contributed by atoms with Crippen molar-refractivity contribution >= 4 is 28.3 Å². The van der Waals surface area contributed by atoms with E-state index in [-0.39, 0.29) is 11.7 Å². The van der Waals surface area contributed by atoms with Crippen LogP contribution in [0.2, 0.25) is 0 Å². The molecule has 6 heteroatoms. The zero-order valence-corrected chi connectivity index (χ0v) is 12.8. The van der Waals surface area contributed by atoms with Crippen LogP contribution in [0.15, 0.2) is 30.3 Å². The summed E-state index contributed by atoms with van der Waals surface area (Å²) in [6, 6.07) is 8.93. The lowest BCUT2D eigenvalue weighted by Gasteiger charge is -2.03. The van der Waals surface area contributed by atoms with Gasteiger partial charge in [-0.25, -0.2) is 9.37 Å². The number of hydrogen-bond acceptors (Lipinski definition) is 3. The number of rotatable bonds is 3. The number of para-hydroxylation sites is 1. The number of nitrogens with one attached hydrogen (secondary N) is 1. The zero-order chi connectivity index (χ0) is 15.3. The third kappa shape index (κ3) is 2.20. The van der Waals surface area contributed by atoms with Crippen molar-refractivity contribution in [1.82, 2.24) is 14.9 Å². The van der Waals surface area contributed by atoms with Crippen LogP contribution in [-0.4, -0.2) is 21.5 Å². The zero-order valence-electron chi connectivity index (χ0n) is 12.0. The number of nitrogens with zero attached hydrogens (tertiary/aromatic N) is 2. The first-order valence-corrected chi connectivity index (χ1v) is 8.00. The van der Waals surface area contributed by atoms with Crippen LogP contribution in [0, 0.1) is 12.7 Å². The molecule has 1 N–H and O–H groups in total. The van der Waals surface area contributed by atoms with Crippen molar-refractivity contribution in [3.8, 4) is 5.00 Å². The van der Waals surface area contributed by atoms with Crippen molar-refractivity contribution in [2.75, 3.05) is 0 Å². The van der Waals surface area contributed by atoms with Crippen LogP contribution in [0.3, 0.4) is 0 Å². The molecule has 2 heterocycles. The van der Waals surface area contributed by atoms with Crippen LogP contribution in [0.5, 0.6) is 0 Å². The number of benzene rings is 1. The number of hydrogen-bond donors (Lipinski definition) is 1. The third-order valence-corrected chi connectivity index (χ3v) is 4.82. The largest absolute Gasteiger partial charge is 0.349 e. The molecular weight excluding hydrogens is 301 g/mol. The number of halogens is 1. The van der Waals surface area contributed by atoms with Gasteiger partial charge >= 0.3 is 0 Å². The maximum absolute atomic E-state index is 13.8. The highest BCUT2D eigenvalue weighted by atomic mass is 32.1. The molecule has 4 nitrogen and oxygen atoms in total. The van der Waals surface area contributed by atoms with Crippen LogP contribution in [-0.2, 0) is 0 Å². The molecule has 2 aromatic heterocycles. The van der Waals surface area contributed by atoms with Gasteiger partial charge in [-0.1, -0.05) is 6.07 Å². The van der Waals surface area contributed by atoms with Gasteiger partial charge in [-0.15, -0.1) is 11.3 Å². The molecule has 1 fully saturated rings. The van der Waals surface area contributed by atoms with E-state index in [4.69, 9.17) is 0 Å². The summed E-state index contributed by atoms with van der Waals surface area (Å²) in [4.78, 5) is 17.1. The van der Waals surface area contributed by atoms with Gasteiger partial charge in [0.15, 0.2) is 5.82 Å². The van der Waals surface area contributed by atoms with Gasteiger partial charge < -0.3 is 5.32 Å². The molecule has 1 aliphatic carbocycles. The second-order valence-corrected chi connectivity index (χ2v) is 6.55. The van der Waals surface area contributed by atoms with Gasteiger partial charge in [0.05, 0.1) is 10.4 Å². The second-order valence-electron chi connectivity index (χ2n) is 5.49. The van der Waals surface area contributed by atoms with Gasteiger partial charge in [0.25, 0.3) is 5.91 Å². The SMILES string of the molecule is Cc1nc2c(F)cccc2n1-c1ccc(C(=O)NC2CC2)s1. The first kappa shape index (κ1) is 13.5. The van der Waals surface area contributed by atoms with E-state index in [2.05, 4.69) is 10.3 Å². The van der Waals surface area contributed by atoms with E-state index in [9.17, 15) is 9.18 Å². The number of carbonyl (C=O) groups is 1. The van der Waals surface area contributed by atoms with Crippen LogP contribution in [0.1, 0.15) is 28.3 Å². The lowest BCUT2D eigenvalue weighted by molar-refractivity contribution is 0.0955. The Hall–Kier alpha value is -2.21. The number of amides is 1. The molecule has 1 amide bonds. The number of fused-ring (bicyclic) bond motifs is 1. The molecule has 0 atom stereocenters. The van der Waals surface area contributed by atoms with E-state index in [1.165, 1.54) is 17.4 Å². The molecule has 22 heavy (non-hydrogen) atoms. The molecule has 3 aromatic rings. The van der Waals surface area contributed by atoms with Crippen molar-refractivity contribution in [3.63, 3.8) is 0 Å². The van der Waals surface area contributed by atoms with Crippen LogP contribution < -0.4 is 5.32 Å². The molecule has 0 saturated heterocycles. The quantitative estimate of drug-likeness (QED) is 0.805. The minimum Gasteiger partial charge on any atom is -0.349 e. The van der Waals surface area contributed by atoms with Crippen LogP contribution >= 0.6 is 11.3 Å². The topological polar surface area (TPSA) is 46.9 Å². The second kappa shape index (κ2) is 4.91. The Labute approximate surface area is 130 Å². The van der Waals surface area contributed by atoms with E-state index >= 15 is 0 Å². The van der Waals surface area contributed by atoms with Gasteiger partial charge in [-0.05, 0) is 44.0 Å². The monoisotopic (exact) mass is 315 g/mol. The summed E-state index contributed by atoms with van der Waals surface area (Å²) in [5, 5.41) is 3.84. The lowest BCUT2D eigenvalue weighted by Crippen LogP contribution is -2.24. The van der Waals surface area contributed by atoms with E-state index in [0.29, 0.717) is 27.8 Å². The molecule has 0 aliphatic heterocycles. The predicted molar refractivity (Wildman–Crippen MR) is 84.1 cm³/mol. The van der Waals surface area contributed by atoms with Crippen LogP contribution in [0.4, 0.5) is 4.39 Å². The van der Waals surface area contributed by atoms with Gasteiger partial charge in [-0.2, -0.15) is 0 Å². The number of aromatic nitrogens is 2. The normalized spacial score (nSPS) is 14.5. The lowest BCUT2D eigenvalue weighted by atomic mass is 10.3. The molecule has 1 aromatic carbocycles. The smallest absolute Gasteiger partial charge is 0.261 e. The predicted octanol–water partition coefficient (Wildman–Crippen LogP) is 3.43. The van der Waals surface area contributed by atoms with Gasteiger partial charge in [0.1, 0.15) is 16.3 Å². The Morgan fingerprint density at radius 3 is 2.95 bits per heavy atom. The summed E-state index contributed by atoms with van der Waals surface area (Å²) < 4.78 is 15.7. The Balaban J connectivity index is 1.76. The fraction of sp³-hybridized carbons (Fsp3) is 0.250. The number of thiophene rings is 1. The minimum absolute atomic E-state index is 0.0352. The number of aryl methyl sites for hydroxylation is 1. The fourth-order valence-electron chi connectivity index (χ4n) is 2.51. The van der Waals surface area contributed by atoms with Crippen LogP contribution in [0.25, 0.3) is 16.0 Å². The van der Waals surface area contributed by atoms with Crippen molar-refractivity contribution in [3.05, 3.63) is 46.9 Å². The highest BCUT2D eigenvalue weighted by Gasteiger charge is 2.24. The summed E-state index contributed by atoms with van der Waals surface area (Å²) >= 11 is 1.39. The van der Waals surface area contributed by atoms with E-state index < -0.39 is 0 Å². The maximum atomic E-state index is 13.8. The van der Waals surface area contributed by atoms with E-state index in [1.807, 2.05) is 29.7 Å². The van der Waals surface area contributed by atoms with Crippen molar-refractivity contribution in [1.29, 1.82) is 0 Å². The summed E-state index contributed by atoms with van der Waals surface area (Å²) in [6.07, 6.45) is 2.13. The average Bonchev–Trinajstić information content (AvgIpc) is 3.05. The third-order valence-electron chi connectivity index (χ3n) is 3.75. The highest BCUT2D eigenvalue weighted by molar-refractivity contribution is 7.16. The minimum atomic E-state index is -0.331. The fourth-order valence-corrected chi connectivity index (χ4v) is 3.48. The maximum Gasteiger partial charge on any atom is 0.261 e. The van der Waals surface area contributed by atoms with Gasteiger partial charge in [0.2, 0.25) is 0 Å². The Morgan fingerprint density at radius 1 is 1.36 bits per heavy atom. The number of imidazole rings is 1. The molecule has 1 aliphatic rings. The summed E-state index contributed by atoms with van der Waals surface area (Å²) in [5.74, 6) is 0.339. The highest BCUT2D eigenvalue weighted by Crippen LogP contribution is 2.28. The van der Waals surface area contributed by atoms with Crippen molar-refractivity contribution in [2.24, 2.45) is 0 Å². The van der Waals surface area contributed by atoms with Gasteiger partial charge in [0, 0.05) is 6.04 Å². The Kier molecular flexibility index (Phi) is 3.00. The van der Waals surface area contributed by atoms with E-state index in [1.54, 1.807) is 6.07 Å². The number of carbonyl (C=O) groups excluding carboxylic acids is 1. The van der Waals surface area contributed by atoms with Crippen molar-refractivity contribution < 1.29 is 9.18 Å². The molecule has 0 unspecified atom stereocenters. The summed E-state index contributed by atoms with van der Waals surface area (Å²) in [5.41, 5.74) is 1.07. The summed E-state index contributed by atoms with van der Waals surface area (Å²) in [6.45, 7) is 1.84. The molecular formula is C16H14FN3OS. The van der Waals surface area contributed by atoms with Gasteiger partial charge in [-0.3, -0.25) is 9.36 Å². The first-order chi connectivity index (χ1) is 10.6. The molecule has 4 rings (SSSR count). The van der Waals surface area contributed by atoms with Crippen molar-refractivity contribution in [2.45, 2.75) is 25.8 Å². The Bertz CT molecular complexity index is 879. The standard InChI is InChI=1S/C16H14FN3OS/c1-9-18-15-11(17)3-2-4-12(15)20(9)14-8-7-13(22-14)16(21)19-10-5-6-10/h2-4,7-8,10H,5-6H2,1H3,(H,19,21). The molecule has 0 spiro atoms. The molecule has 0 bridgehead atoms. The average molecular weight is 315 g/mol. The Morgan fingerprint density at radius 2 is 2.18 bits per heavy atom. The molecule has 1 saturated carbocycles.